The number of nitrogens with zero attached hydrogens (tertiary/aromatic N) is 1. The second-order valence-electron chi connectivity index (χ2n) is 6.56. The van der Waals surface area contributed by atoms with Gasteiger partial charge in [-0.05, 0) is 24.7 Å². The molecule has 0 radical (unpaired) electrons. The molecule has 2 N–H and O–H groups in total. The molecule has 1 atom stereocenters. The monoisotopic (exact) mass is 284 g/mol. The van der Waals surface area contributed by atoms with Crippen molar-refractivity contribution in [2.24, 2.45) is 11.8 Å². The van der Waals surface area contributed by atoms with Gasteiger partial charge in [0, 0.05) is 19.1 Å². The Kier molecular flexibility index (Phi) is 6.46. The fourth-order valence-corrected chi connectivity index (χ4v) is 3.00. The van der Waals surface area contributed by atoms with Gasteiger partial charge in [-0.3, -0.25) is 14.5 Å². The van der Waals surface area contributed by atoms with Crippen LogP contribution in [0.25, 0.3) is 0 Å². The van der Waals surface area contributed by atoms with Gasteiger partial charge in [0.2, 0.25) is 5.91 Å². The molecular formula is C15H28N2O3. The summed E-state index contributed by atoms with van der Waals surface area (Å²) < 4.78 is 0. The highest BCUT2D eigenvalue weighted by molar-refractivity contribution is 5.86. The van der Waals surface area contributed by atoms with Crippen LogP contribution in [-0.4, -0.2) is 47.1 Å². The Morgan fingerprint density at radius 2 is 1.85 bits per heavy atom. The summed E-state index contributed by atoms with van der Waals surface area (Å²) in [6, 6.07) is -0.242. The summed E-state index contributed by atoms with van der Waals surface area (Å²) >= 11 is 0. The van der Waals surface area contributed by atoms with Crippen LogP contribution >= 0.6 is 0 Å². The Bertz CT molecular complexity index is 332. The number of hydrogen-bond donors (Lipinski definition) is 2. The molecule has 1 saturated heterocycles. The summed E-state index contributed by atoms with van der Waals surface area (Å²) in [4.78, 5) is 25.1. The lowest BCUT2D eigenvalue weighted by atomic mass is 9.92. The number of carboxylic acid groups (broad SMARTS) is 1. The van der Waals surface area contributed by atoms with Crippen LogP contribution in [-0.2, 0) is 9.59 Å². The molecule has 1 heterocycles. The van der Waals surface area contributed by atoms with Crippen molar-refractivity contribution in [3.05, 3.63) is 0 Å². The predicted octanol–water partition coefficient (Wildman–Crippen LogP) is 1.72. The van der Waals surface area contributed by atoms with Crippen molar-refractivity contribution in [3.8, 4) is 0 Å². The van der Waals surface area contributed by atoms with Gasteiger partial charge in [0.05, 0.1) is 12.5 Å². The van der Waals surface area contributed by atoms with Crippen LogP contribution < -0.4 is 5.32 Å². The lowest BCUT2D eigenvalue weighted by Gasteiger charge is -2.41. The Hall–Kier alpha value is -1.10. The van der Waals surface area contributed by atoms with Crippen LogP contribution in [0.2, 0.25) is 0 Å². The molecule has 1 aliphatic rings. The highest BCUT2D eigenvalue weighted by atomic mass is 16.4. The zero-order valence-electron chi connectivity index (χ0n) is 13.1. The van der Waals surface area contributed by atoms with Gasteiger partial charge in [-0.1, -0.05) is 27.7 Å². The summed E-state index contributed by atoms with van der Waals surface area (Å²) in [5.41, 5.74) is 0. The molecule has 0 aromatic carbocycles. The van der Waals surface area contributed by atoms with Gasteiger partial charge in [-0.15, -0.1) is 0 Å². The molecule has 0 aromatic rings. The third-order valence-electron chi connectivity index (χ3n) is 3.70. The van der Waals surface area contributed by atoms with E-state index in [1.807, 2.05) is 0 Å². The quantitative estimate of drug-likeness (QED) is 0.747. The van der Waals surface area contributed by atoms with Crippen LogP contribution in [0, 0.1) is 11.8 Å². The molecule has 1 unspecified atom stereocenters. The maximum absolute atomic E-state index is 12.0. The minimum atomic E-state index is -0.912. The standard InChI is InChI=1S/C15H28N2O3/c1-10(2)7-12(8-11(3)4)17-6-5-16-15(20)13(17)9-14(18)19/h10-13H,5-9H2,1-4H3,(H,16,20)(H,18,19). The van der Waals surface area contributed by atoms with Gasteiger partial charge in [0.1, 0.15) is 0 Å². The lowest BCUT2D eigenvalue weighted by Crippen LogP contribution is -2.59. The highest BCUT2D eigenvalue weighted by Crippen LogP contribution is 2.23. The number of nitrogens with one attached hydrogen (secondary N) is 1. The van der Waals surface area contributed by atoms with Crippen molar-refractivity contribution in [3.63, 3.8) is 0 Å². The first kappa shape index (κ1) is 17.0. The van der Waals surface area contributed by atoms with Gasteiger partial charge in [0.25, 0.3) is 0 Å². The maximum Gasteiger partial charge on any atom is 0.305 e. The summed E-state index contributed by atoms with van der Waals surface area (Å²) in [5.74, 6) is 0.0180. The molecule has 5 heteroatoms. The fourth-order valence-electron chi connectivity index (χ4n) is 3.00. The van der Waals surface area contributed by atoms with E-state index in [0.29, 0.717) is 18.4 Å². The van der Waals surface area contributed by atoms with Crippen molar-refractivity contribution in [2.45, 2.75) is 59.0 Å². The molecule has 1 amide bonds. The summed E-state index contributed by atoms with van der Waals surface area (Å²) in [5, 5.41) is 11.8. The fraction of sp³-hybridized carbons (Fsp3) is 0.867. The van der Waals surface area contributed by atoms with E-state index in [1.54, 1.807) is 0 Å². The first-order chi connectivity index (χ1) is 9.31. The smallest absolute Gasteiger partial charge is 0.305 e. The van der Waals surface area contributed by atoms with Gasteiger partial charge < -0.3 is 10.4 Å². The summed E-state index contributed by atoms with van der Waals surface area (Å²) in [6.45, 7) is 10.0. The second kappa shape index (κ2) is 7.62. The second-order valence-corrected chi connectivity index (χ2v) is 6.56. The number of hydrogen-bond acceptors (Lipinski definition) is 3. The molecule has 116 valence electrons. The SMILES string of the molecule is CC(C)CC(CC(C)C)N1CCNC(=O)C1CC(=O)O. The molecule has 0 aromatic heterocycles. The molecular weight excluding hydrogens is 256 g/mol. The van der Waals surface area contributed by atoms with E-state index in [4.69, 9.17) is 5.11 Å². The number of carbonyl (C=O) groups excluding carboxylic acids is 1. The van der Waals surface area contributed by atoms with E-state index in [2.05, 4.69) is 37.9 Å². The minimum absolute atomic E-state index is 0.113. The molecule has 0 aliphatic carbocycles. The zero-order chi connectivity index (χ0) is 15.3. The van der Waals surface area contributed by atoms with Crippen molar-refractivity contribution in [2.75, 3.05) is 13.1 Å². The Balaban J connectivity index is 2.87. The van der Waals surface area contributed by atoms with E-state index < -0.39 is 12.0 Å². The van der Waals surface area contributed by atoms with Crippen molar-refractivity contribution in [1.29, 1.82) is 0 Å². The molecule has 1 fully saturated rings. The average Bonchev–Trinajstić information content (AvgIpc) is 2.29. The van der Waals surface area contributed by atoms with Crippen LogP contribution in [0.15, 0.2) is 0 Å². The third-order valence-corrected chi connectivity index (χ3v) is 3.70. The first-order valence-corrected chi connectivity index (χ1v) is 7.56. The molecule has 1 rings (SSSR count). The number of amides is 1. The van der Waals surface area contributed by atoms with Crippen molar-refractivity contribution < 1.29 is 14.7 Å². The zero-order valence-corrected chi connectivity index (χ0v) is 13.1. The Morgan fingerprint density at radius 1 is 1.30 bits per heavy atom. The molecule has 1 aliphatic heterocycles. The topological polar surface area (TPSA) is 69.6 Å². The number of rotatable bonds is 7. The molecule has 20 heavy (non-hydrogen) atoms. The Morgan fingerprint density at radius 3 is 2.30 bits per heavy atom. The van der Waals surface area contributed by atoms with Crippen LogP contribution in [0.1, 0.15) is 47.0 Å². The Labute approximate surface area is 121 Å². The van der Waals surface area contributed by atoms with E-state index in [1.165, 1.54) is 0 Å². The van der Waals surface area contributed by atoms with E-state index in [0.717, 1.165) is 19.4 Å². The first-order valence-electron chi connectivity index (χ1n) is 7.56. The number of aliphatic carboxylic acids is 1. The number of carboxylic acids is 1. The van der Waals surface area contributed by atoms with E-state index >= 15 is 0 Å². The molecule has 0 saturated carbocycles. The number of piperazine rings is 1. The third kappa shape index (κ3) is 5.12. The molecule has 5 nitrogen and oxygen atoms in total. The molecule has 0 bridgehead atoms. The van der Waals surface area contributed by atoms with Gasteiger partial charge in [0.15, 0.2) is 0 Å². The van der Waals surface area contributed by atoms with Crippen LogP contribution in [0.5, 0.6) is 0 Å². The van der Waals surface area contributed by atoms with E-state index in [9.17, 15) is 9.59 Å². The van der Waals surface area contributed by atoms with Crippen molar-refractivity contribution >= 4 is 11.9 Å². The number of carbonyl (C=O) groups is 2. The highest BCUT2D eigenvalue weighted by Gasteiger charge is 2.36. The van der Waals surface area contributed by atoms with Crippen molar-refractivity contribution in [1.82, 2.24) is 10.2 Å². The average molecular weight is 284 g/mol. The predicted molar refractivity (Wildman–Crippen MR) is 78.5 cm³/mol. The van der Waals surface area contributed by atoms with E-state index in [-0.39, 0.29) is 18.4 Å². The maximum atomic E-state index is 12.0. The van der Waals surface area contributed by atoms with Gasteiger partial charge >= 0.3 is 5.97 Å². The molecule has 0 spiro atoms. The largest absolute Gasteiger partial charge is 0.481 e. The van der Waals surface area contributed by atoms with Gasteiger partial charge in [-0.25, -0.2) is 0 Å². The van der Waals surface area contributed by atoms with Crippen LogP contribution in [0.3, 0.4) is 0 Å². The minimum Gasteiger partial charge on any atom is -0.481 e. The van der Waals surface area contributed by atoms with Crippen LogP contribution in [0.4, 0.5) is 0 Å². The summed E-state index contributed by atoms with van der Waals surface area (Å²) in [6.07, 6.45) is 1.89. The summed E-state index contributed by atoms with van der Waals surface area (Å²) in [7, 11) is 0. The lowest BCUT2D eigenvalue weighted by molar-refractivity contribution is -0.144. The normalized spacial score (nSPS) is 20.8. The van der Waals surface area contributed by atoms with Gasteiger partial charge in [-0.2, -0.15) is 0 Å².